The van der Waals surface area contributed by atoms with Gasteiger partial charge in [0.1, 0.15) is 10.3 Å². The molecular formula is C12H15BrN2OS. The number of pyridine rings is 1. The Hall–Kier alpha value is -0.550. The molecule has 5 heteroatoms. The molecule has 0 unspecified atom stereocenters. The third kappa shape index (κ3) is 4.00. The quantitative estimate of drug-likeness (QED) is 0.872. The van der Waals surface area contributed by atoms with Crippen molar-refractivity contribution in [2.45, 2.75) is 12.8 Å². The SMILES string of the molecule is O=C(NCC1CCSCC1)c1cccc(Br)n1. The van der Waals surface area contributed by atoms with Crippen molar-refractivity contribution in [3.63, 3.8) is 0 Å². The molecule has 0 radical (unpaired) electrons. The van der Waals surface area contributed by atoms with E-state index in [-0.39, 0.29) is 5.91 Å². The summed E-state index contributed by atoms with van der Waals surface area (Å²) in [4.78, 5) is 16.0. The number of rotatable bonds is 3. The molecule has 17 heavy (non-hydrogen) atoms. The lowest BCUT2D eigenvalue weighted by atomic mass is 10.0. The highest BCUT2D eigenvalue weighted by Gasteiger charge is 2.15. The van der Waals surface area contributed by atoms with Gasteiger partial charge >= 0.3 is 0 Å². The average Bonchev–Trinajstić information content (AvgIpc) is 2.37. The van der Waals surface area contributed by atoms with E-state index in [0.29, 0.717) is 16.2 Å². The minimum absolute atomic E-state index is 0.0791. The monoisotopic (exact) mass is 314 g/mol. The molecule has 0 bridgehead atoms. The van der Waals surface area contributed by atoms with Gasteiger partial charge in [0.2, 0.25) is 0 Å². The smallest absolute Gasteiger partial charge is 0.269 e. The van der Waals surface area contributed by atoms with Crippen LogP contribution in [0.4, 0.5) is 0 Å². The second-order valence-corrected chi connectivity index (χ2v) is 6.15. The fourth-order valence-electron chi connectivity index (χ4n) is 1.81. The van der Waals surface area contributed by atoms with Crippen molar-refractivity contribution >= 4 is 33.6 Å². The Balaban J connectivity index is 1.84. The van der Waals surface area contributed by atoms with Crippen molar-refractivity contribution in [3.8, 4) is 0 Å². The number of aromatic nitrogens is 1. The van der Waals surface area contributed by atoms with Crippen LogP contribution >= 0.6 is 27.7 Å². The maximum Gasteiger partial charge on any atom is 0.269 e. The molecule has 0 aliphatic carbocycles. The van der Waals surface area contributed by atoms with Crippen LogP contribution in [0.5, 0.6) is 0 Å². The predicted molar refractivity (Wildman–Crippen MR) is 74.3 cm³/mol. The molecule has 1 aliphatic rings. The van der Waals surface area contributed by atoms with Crippen LogP contribution in [0.2, 0.25) is 0 Å². The van der Waals surface area contributed by atoms with Crippen LogP contribution in [0.3, 0.4) is 0 Å². The number of hydrogen-bond acceptors (Lipinski definition) is 3. The molecule has 92 valence electrons. The number of carbonyl (C=O) groups excluding carboxylic acids is 1. The van der Waals surface area contributed by atoms with E-state index in [1.54, 1.807) is 6.07 Å². The minimum Gasteiger partial charge on any atom is -0.350 e. The highest BCUT2D eigenvalue weighted by atomic mass is 79.9. The molecular weight excluding hydrogens is 300 g/mol. The first-order valence-corrected chi connectivity index (χ1v) is 7.69. The molecule has 0 aromatic carbocycles. The molecule has 0 spiro atoms. The first kappa shape index (κ1) is 12.9. The van der Waals surface area contributed by atoms with E-state index in [0.717, 1.165) is 6.54 Å². The Morgan fingerprint density at radius 2 is 2.24 bits per heavy atom. The highest BCUT2D eigenvalue weighted by molar-refractivity contribution is 9.10. The molecule has 1 N–H and O–H groups in total. The molecule has 1 aliphatic heterocycles. The zero-order valence-electron chi connectivity index (χ0n) is 9.49. The fourth-order valence-corrected chi connectivity index (χ4v) is 3.36. The first-order valence-electron chi connectivity index (χ1n) is 5.74. The zero-order valence-corrected chi connectivity index (χ0v) is 11.9. The highest BCUT2D eigenvalue weighted by Crippen LogP contribution is 2.21. The van der Waals surface area contributed by atoms with E-state index < -0.39 is 0 Å². The molecule has 2 heterocycles. The number of nitrogens with zero attached hydrogens (tertiary/aromatic N) is 1. The van der Waals surface area contributed by atoms with Gasteiger partial charge in [-0.1, -0.05) is 6.07 Å². The second kappa shape index (κ2) is 6.40. The minimum atomic E-state index is -0.0791. The maximum absolute atomic E-state index is 11.8. The van der Waals surface area contributed by atoms with Crippen LogP contribution in [0.25, 0.3) is 0 Å². The molecule has 2 rings (SSSR count). The maximum atomic E-state index is 11.8. The van der Waals surface area contributed by atoms with E-state index in [1.807, 2.05) is 23.9 Å². The van der Waals surface area contributed by atoms with E-state index in [4.69, 9.17) is 0 Å². The van der Waals surface area contributed by atoms with Crippen molar-refractivity contribution in [1.29, 1.82) is 0 Å². The van der Waals surface area contributed by atoms with Crippen LogP contribution in [0.15, 0.2) is 22.8 Å². The summed E-state index contributed by atoms with van der Waals surface area (Å²) >= 11 is 5.26. The van der Waals surface area contributed by atoms with Gasteiger partial charge in [-0.05, 0) is 58.3 Å². The normalized spacial score (nSPS) is 16.8. The summed E-state index contributed by atoms with van der Waals surface area (Å²) in [5.41, 5.74) is 0.476. The predicted octanol–water partition coefficient (Wildman–Crippen LogP) is 2.72. The third-order valence-corrected chi connectivity index (χ3v) is 4.33. The molecule has 1 aromatic heterocycles. The van der Waals surface area contributed by atoms with Crippen LogP contribution in [0, 0.1) is 5.92 Å². The van der Waals surface area contributed by atoms with Gasteiger partial charge in [-0.25, -0.2) is 4.98 Å². The number of amides is 1. The number of hydrogen-bond donors (Lipinski definition) is 1. The van der Waals surface area contributed by atoms with E-state index >= 15 is 0 Å². The van der Waals surface area contributed by atoms with Crippen molar-refractivity contribution in [2.24, 2.45) is 5.92 Å². The van der Waals surface area contributed by atoms with Crippen molar-refractivity contribution in [2.75, 3.05) is 18.1 Å². The summed E-state index contributed by atoms with van der Waals surface area (Å²) in [5.74, 6) is 2.99. The second-order valence-electron chi connectivity index (χ2n) is 4.11. The lowest BCUT2D eigenvalue weighted by Crippen LogP contribution is -2.31. The lowest BCUT2D eigenvalue weighted by Gasteiger charge is -2.21. The van der Waals surface area contributed by atoms with Crippen molar-refractivity contribution in [3.05, 3.63) is 28.5 Å². The number of carbonyl (C=O) groups is 1. The summed E-state index contributed by atoms with van der Waals surface area (Å²) in [6.45, 7) is 0.771. The molecule has 1 amide bonds. The first-order chi connectivity index (χ1) is 8.25. The molecule has 1 aromatic rings. The third-order valence-electron chi connectivity index (χ3n) is 2.84. The van der Waals surface area contributed by atoms with E-state index in [2.05, 4.69) is 26.2 Å². The van der Waals surface area contributed by atoms with Gasteiger partial charge in [-0.3, -0.25) is 4.79 Å². The summed E-state index contributed by atoms with van der Waals surface area (Å²) in [5, 5.41) is 2.96. The molecule has 1 saturated heterocycles. The molecule has 0 atom stereocenters. The van der Waals surface area contributed by atoms with Gasteiger partial charge in [0.25, 0.3) is 5.91 Å². The molecule has 1 fully saturated rings. The lowest BCUT2D eigenvalue weighted by molar-refractivity contribution is 0.0941. The van der Waals surface area contributed by atoms with Crippen molar-refractivity contribution < 1.29 is 4.79 Å². The van der Waals surface area contributed by atoms with Crippen LogP contribution in [-0.4, -0.2) is 28.9 Å². The van der Waals surface area contributed by atoms with Crippen molar-refractivity contribution in [1.82, 2.24) is 10.3 Å². The van der Waals surface area contributed by atoms with E-state index in [1.165, 1.54) is 24.3 Å². The standard InChI is InChI=1S/C12H15BrN2OS/c13-11-3-1-2-10(15-11)12(16)14-8-9-4-6-17-7-5-9/h1-3,9H,4-8H2,(H,14,16). The van der Waals surface area contributed by atoms with Crippen LogP contribution < -0.4 is 5.32 Å². The van der Waals surface area contributed by atoms with Gasteiger partial charge in [0.15, 0.2) is 0 Å². The van der Waals surface area contributed by atoms with Crippen LogP contribution in [0.1, 0.15) is 23.3 Å². The van der Waals surface area contributed by atoms with Gasteiger partial charge in [-0.15, -0.1) is 0 Å². The average molecular weight is 315 g/mol. The largest absolute Gasteiger partial charge is 0.350 e. The summed E-state index contributed by atoms with van der Waals surface area (Å²) in [6.07, 6.45) is 2.41. The number of nitrogens with one attached hydrogen (secondary N) is 1. The Kier molecular flexibility index (Phi) is 4.86. The number of thioether (sulfide) groups is 1. The number of halogens is 1. The van der Waals surface area contributed by atoms with Gasteiger partial charge in [0, 0.05) is 6.54 Å². The summed E-state index contributed by atoms with van der Waals surface area (Å²) in [6, 6.07) is 5.37. The Bertz CT molecular complexity index is 394. The summed E-state index contributed by atoms with van der Waals surface area (Å²) in [7, 11) is 0. The van der Waals surface area contributed by atoms with E-state index in [9.17, 15) is 4.79 Å². The van der Waals surface area contributed by atoms with Gasteiger partial charge < -0.3 is 5.32 Å². The van der Waals surface area contributed by atoms with Gasteiger partial charge in [-0.2, -0.15) is 11.8 Å². The molecule has 0 saturated carbocycles. The Labute approximate surface area is 114 Å². The Morgan fingerprint density at radius 1 is 1.47 bits per heavy atom. The Morgan fingerprint density at radius 3 is 2.94 bits per heavy atom. The topological polar surface area (TPSA) is 42.0 Å². The summed E-state index contributed by atoms with van der Waals surface area (Å²) < 4.78 is 0.694. The zero-order chi connectivity index (χ0) is 12.1. The molecule has 3 nitrogen and oxygen atoms in total. The van der Waals surface area contributed by atoms with Crippen LogP contribution in [-0.2, 0) is 0 Å². The van der Waals surface area contributed by atoms with Gasteiger partial charge in [0.05, 0.1) is 0 Å². The fraction of sp³-hybridized carbons (Fsp3) is 0.500.